The second kappa shape index (κ2) is 5.57. The van der Waals surface area contributed by atoms with Gasteiger partial charge in [0.15, 0.2) is 0 Å². The summed E-state index contributed by atoms with van der Waals surface area (Å²) in [5.41, 5.74) is 4.97. The number of allylic oxidation sites excluding steroid dienone is 2. The van der Waals surface area contributed by atoms with Gasteiger partial charge in [-0.2, -0.15) is 0 Å². The molecule has 0 aliphatic carbocycles. The second-order valence-corrected chi connectivity index (χ2v) is 4.62. The van der Waals surface area contributed by atoms with Crippen molar-refractivity contribution in [1.82, 2.24) is 4.90 Å². The topological polar surface area (TPSA) is 93.6 Å². The maximum absolute atomic E-state index is 11.8. The van der Waals surface area contributed by atoms with Gasteiger partial charge in [-0.15, -0.1) is 0 Å². The van der Waals surface area contributed by atoms with Crippen LogP contribution in [0.4, 0.5) is 4.79 Å². The molecule has 0 atom stereocenters. The van der Waals surface area contributed by atoms with Gasteiger partial charge in [-0.05, 0) is 36.0 Å². The number of hydrogen-bond donors (Lipinski definition) is 1. The van der Waals surface area contributed by atoms with Crippen molar-refractivity contribution in [3.63, 3.8) is 0 Å². The van der Waals surface area contributed by atoms with Crippen LogP contribution in [0.25, 0.3) is 6.08 Å². The van der Waals surface area contributed by atoms with E-state index >= 15 is 0 Å². The molecule has 19 heavy (non-hydrogen) atoms. The van der Waals surface area contributed by atoms with E-state index in [1.165, 1.54) is 12.3 Å². The van der Waals surface area contributed by atoms with Crippen molar-refractivity contribution in [2.75, 3.05) is 6.54 Å². The summed E-state index contributed by atoms with van der Waals surface area (Å²) in [4.78, 5) is 35.1. The fourth-order valence-corrected chi connectivity index (χ4v) is 2.21. The molecule has 2 heterocycles. The molecule has 0 aromatic carbocycles. The molecule has 2 N–H and O–H groups in total. The Balaban J connectivity index is 2.08. The average molecular weight is 278 g/mol. The minimum absolute atomic E-state index is 0.244. The molecule has 6 nitrogen and oxygen atoms in total. The van der Waals surface area contributed by atoms with Crippen molar-refractivity contribution in [2.24, 2.45) is 5.73 Å². The molecular weight excluding hydrogens is 268 g/mol. The lowest BCUT2D eigenvalue weighted by atomic mass is 10.3. The van der Waals surface area contributed by atoms with E-state index in [2.05, 4.69) is 0 Å². The van der Waals surface area contributed by atoms with Crippen LogP contribution in [0, 0.1) is 0 Å². The Labute approximate surface area is 112 Å². The van der Waals surface area contributed by atoms with E-state index in [1.807, 2.05) is 0 Å². The minimum Gasteiger partial charge on any atom is -0.465 e. The predicted octanol–water partition coefficient (Wildman–Crippen LogP) is 1.36. The zero-order valence-electron chi connectivity index (χ0n) is 9.74. The van der Waals surface area contributed by atoms with E-state index in [9.17, 15) is 14.4 Å². The third-order valence-corrected chi connectivity index (χ3v) is 3.16. The van der Waals surface area contributed by atoms with Gasteiger partial charge in [0, 0.05) is 0 Å². The first-order valence-electron chi connectivity index (χ1n) is 5.32. The van der Waals surface area contributed by atoms with Gasteiger partial charge in [0.2, 0.25) is 5.91 Å². The van der Waals surface area contributed by atoms with E-state index in [0.29, 0.717) is 5.76 Å². The Hall–Kier alpha value is -2.28. The number of hydrogen-bond acceptors (Lipinski definition) is 5. The number of thioether (sulfide) groups is 1. The number of carbonyl (C=O) groups excluding carboxylic acids is 3. The van der Waals surface area contributed by atoms with Crippen LogP contribution in [-0.4, -0.2) is 28.5 Å². The first kappa shape index (κ1) is 13.2. The van der Waals surface area contributed by atoms with Gasteiger partial charge in [-0.25, -0.2) is 0 Å². The Morgan fingerprint density at radius 3 is 2.89 bits per heavy atom. The monoisotopic (exact) mass is 278 g/mol. The summed E-state index contributed by atoms with van der Waals surface area (Å²) in [6.07, 6.45) is 6.27. The van der Waals surface area contributed by atoms with Crippen molar-refractivity contribution in [2.45, 2.75) is 0 Å². The molecule has 1 aliphatic rings. The number of imide groups is 1. The predicted molar refractivity (Wildman–Crippen MR) is 69.7 cm³/mol. The lowest BCUT2D eigenvalue weighted by molar-refractivity contribution is -0.128. The summed E-state index contributed by atoms with van der Waals surface area (Å²) in [7, 11) is 0. The van der Waals surface area contributed by atoms with Crippen molar-refractivity contribution >= 4 is 34.9 Å². The van der Waals surface area contributed by atoms with E-state index in [1.54, 1.807) is 24.3 Å². The molecule has 1 aromatic rings. The van der Waals surface area contributed by atoms with Crippen molar-refractivity contribution in [3.05, 3.63) is 41.2 Å². The van der Waals surface area contributed by atoms with Gasteiger partial charge < -0.3 is 10.2 Å². The molecular formula is C12H10N2O4S. The SMILES string of the molecule is NC(=O)CN1C(=O)S/C(=C\C=C\c2ccco2)C1=O. The first-order chi connectivity index (χ1) is 9.08. The molecule has 98 valence electrons. The number of furan rings is 1. The van der Waals surface area contributed by atoms with E-state index in [-0.39, 0.29) is 4.91 Å². The zero-order valence-corrected chi connectivity index (χ0v) is 10.6. The fourth-order valence-electron chi connectivity index (χ4n) is 1.42. The van der Waals surface area contributed by atoms with Crippen LogP contribution in [0.3, 0.4) is 0 Å². The van der Waals surface area contributed by atoms with Crippen LogP contribution in [-0.2, 0) is 9.59 Å². The van der Waals surface area contributed by atoms with Gasteiger partial charge in [0.25, 0.3) is 11.1 Å². The van der Waals surface area contributed by atoms with E-state index < -0.39 is 23.6 Å². The average Bonchev–Trinajstić information content (AvgIpc) is 2.94. The standard InChI is InChI=1S/C12H10N2O4S/c13-10(15)7-14-11(16)9(19-12(14)17)5-1-3-8-4-2-6-18-8/h1-6H,7H2,(H2,13,15)/b3-1+,9-5-. The van der Waals surface area contributed by atoms with Gasteiger partial charge in [0.1, 0.15) is 12.3 Å². The normalized spacial score (nSPS) is 17.9. The Morgan fingerprint density at radius 2 is 2.26 bits per heavy atom. The quantitative estimate of drug-likeness (QED) is 0.839. The van der Waals surface area contributed by atoms with Crippen LogP contribution in [0.2, 0.25) is 0 Å². The smallest absolute Gasteiger partial charge is 0.294 e. The van der Waals surface area contributed by atoms with E-state index in [4.69, 9.17) is 10.2 Å². The maximum atomic E-state index is 11.8. The number of carbonyl (C=O) groups is 3. The molecule has 0 unspecified atom stereocenters. The summed E-state index contributed by atoms with van der Waals surface area (Å²) in [5, 5.41) is -0.499. The van der Waals surface area contributed by atoms with Crippen molar-refractivity contribution in [3.8, 4) is 0 Å². The highest BCUT2D eigenvalue weighted by Gasteiger charge is 2.35. The zero-order chi connectivity index (χ0) is 13.8. The Bertz CT molecular complexity index is 575. The van der Waals surface area contributed by atoms with Gasteiger partial charge in [-0.3, -0.25) is 19.3 Å². The molecule has 2 rings (SSSR count). The largest absolute Gasteiger partial charge is 0.465 e. The molecule has 0 saturated carbocycles. The molecule has 1 aromatic heterocycles. The summed E-state index contributed by atoms with van der Waals surface area (Å²) in [5.74, 6) is -0.611. The summed E-state index contributed by atoms with van der Waals surface area (Å²) >= 11 is 0.770. The number of nitrogens with two attached hydrogens (primary N) is 1. The third-order valence-electron chi connectivity index (χ3n) is 2.24. The lowest BCUT2D eigenvalue weighted by Gasteiger charge is -2.08. The minimum atomic E-state index is -0.727. The van der Waals surface area contributed by atoms with Crippen LogP contribution in [0.5, 0.6) is 0 Å². The molecule has 3 amide bonds. The molecule has 0 bridgehead atoms. The number of rotatable bonds is 4. The van der Waals surface area contributed by atoms with E-state index in [0.717, 1.165) is 16.7 Å². The van der Waals surface area contributed by atoms with Crippen LogP contribution in [0.15, 0.2) is 39.9 Å². The molecule has 1 aliphatic heterocycles. The molecule has 0 radical (unpaired) electrons. The Kier molecular flexibility index (Phi) is 3.86. The second-order valence-electron chi connectivity index (χ2n) is 3.63. The number of nitrogens with zero attached hydrogens (tertiary/aromatic N) is 1. The molecule has 0 spiro atoms. The Morgan fingerprint density at radius 1 is 1.47 bits per heavy atom. The molecule has 1 saturated heterocycles. The summed E-state index contributed by atoms with van der Waals surface area (Å²) < 4.78 is 5.07. The number of amides is 3. The maximum Gasteiger partial charge on any atom is 0.294 e. The van der Waals surface area contributed by atoms with Gasteiger partial charge in [-0.1, -0.05) is 6.08 Å². The molecule has 1 fully saturated rings. The molecule has 7 heteroatoms. The van der Waals surface area contributed by atoms with Crippen LogP contribution >= 0.6 is 11.8 Å². The van der Waals surface area contributed by atoms with Crippen molar-refractivity contribution < 1.29 is 18.8 Å². The highest BCUT2D eigenvalue weighted by Crippen LogP contribution is 2.30. The van der Waals surface area contributed by atoms with Crippen molar-refractivity contribution in [1.29, 1.82) is 0 Å². The number of primary amides is 1. The third kappa shape index (κ3) is 3.14. The first-order valence-corrected chi connectivity index (χ1v) is 6.13. The highest BCUT2D eigenvalue weighted by molar-refractivity contribution is 8.18. The fraction of sp³-hybridized carbons (Fsp3) is 0.0833. The summed E-state index contributed by atoms with van der Waals surface area (Å²) in [6.45, 7) is -0.399. The van der Waals surface area contributed by atoms with Gasteiger partial charge in [0.05, 0.1) is 11.2 Å². The highest BCUT2D eigenvalue weighted by atomic mass is 32.2. The van der Waals surface area contributed by atoms with Gasteiger partial charge >= 0.3 is 0 Å². The summed E-state index contributed by atoms with van der Waals surface area (Å²) in [6, 6.07) is 3.49. The van der Waals surface area contributed by atoms with Crippen LogP contribution in [0.1, 0.15) is 5.76 Å². The van der Waals surface area contributed by atoms with Crippen LogP contribution < -0.4 is 5.73 Å². The lowest BCUT2D eigenvalue weighted by Crippen LogP contribution is -2.36.